The number of aliphatic hydroxyl groups is 2. The average molecular weight is 625 g/mol. The summed E-state index contributed by atoms with van der Waals surface area (Å²) in [5.74, 6) is -0.770. The fraction of sp³-hybridized carbons (Fsp3) is 0.719. The van der Waals surface area contributed by atoms with Crippen LogP contribution in [0.15, 0.2) is 36.0 Å². The normalized spacial score (nSPS) is 34.5. The summed E-state index contributed by atoms with van der Waals surface area (Å²) in [6.07, 6.45) is 9.86. The lowest BCUT2D eigenvalue weighted by Gasteiger charge is -2.43. The Hall–Kier alpha value is -2.24. The van der Waals surface area contributed by atoms with E-state index in [9.17, 15) is 24.6 Å². The van der Waals surface area contributed by atoms with Crippen LogP contribution in [-0.2, 0) is 28.6 Å². The van der Waals surface area contributed by atoms with Crippen molar-refractivity contribution in [3.8, 4) is 0 Å². The summed E-state index contributed by atoms with van der Waals surface area (Å²) in [4.78, 5) is 35.9. The van der Waals surface area contributed by atoms with E-state index in [-0.39, 0.29) is 60.7 Å². The highest BCUT2D eigenvalue weighted by molar-refractivity contribution is 6.18. The van der Waals surface area contributed by atoms with Crippen molar-refractivity contribution in [3.05, 3.63) is 36.0 Å². The maximum Gasteiger partial charge on any atom is 0.303 e. The molecule has 0 radical (unpaired) electrons. The zero-order valence-electron chi connectivity index (χ0n) is 26.0. The molecule has 9 atom stereocenters. The summed E-state index contributed by atoms with van der Waals surface area (Å²) < 4.78 is 17.3. The van der Waals surface area contributed by atoms with Gasteiger partial charge in [-0.2, -0.15) is 0 Å². The third-order valence-corrected chi connectivity index (χ3v) is 9.01. The van der Waals surface area contributed by atoms with Crippen molar-refractivity contribution < 1.29 is 38.8 Å². The van der Waals surface area contributed by atoms with Gasteiger partial charge in [0.25, 0.3) is 0 Å². The van der Waals surface area contributed by atoms with E-state index < -0.39 is 36.0 Å². The average Bonchev–Trinajstić information content (AvgIpc) is 2.91. The van der Waals surface area contributed by atoms with Gasteiger partial charge in [0.15, 0.2) is 0 Å². The molecule has 0 aromatic rings. The Kier molecular flexibility index (Phi) is 13.3. The molecule has 0 aromatic carbocycles. The topological polar surface area (TPSA) is 143 Å². The molecule has 3 aliphatic rings. The second-order valence-electron chi connectivity index (χ2n) is 12.4. The molecule has 1 saturated carbocycles. The van der Waals surface area contributed by atoms with Crippen LogP contribution in [0.2, 0.25) is 0 Å². The van der Waals surface area contributed by atoms with Crippen LogP contribution < -0.4 is 10.6 Å². The highest BCUT2D eigenvalue weighted by Crippen LogP contribution is 2.33. The number of rotatable bonds is 12. The monoisotopic (exact) mass is 624 g/mol. The van der Waals surface area contributed by atoms with Crippen LogP contribution >= 0.6 is 11.6 Å². The molecule has 43 heavy (non-hydrogen) atoms. The Labute approximate surface area is 260 Å². The number of allylic oxidation sites excluding steroid dienone is 2. The fourth-order valence-electron chi connectivity index (χ4n) is 5.70. The first kappa shape index (κ1) is 35.2. The van der Waals surface area contributed by atoms with Gasteiger partial charge in [0.1, 0.15) is 23.9 Å². The van der Waals surface area contributed by atoms with Crippen LogP contribution in [-0.4, -0.2) is 88.2 Å². The molecule has 0 aromatic heterocycles. The third kappa shape index (κ3) is 10.7. The van der Waals surface area contributed by atoms with Gasteiger partial charge in [-0.05, 0) is 64.9 Å². The molecule has 2 aliphatic heterocycles. The molecule has 6 unspecified atom stereocenters. The molecule has 3 rings (SSSR count). The number of carbonyl (C=O) groups excluding carboxylic acids is 3. The summed E-state index contributed by atoms with van der Waals surface area (Å²) in [7, 11) is 0. The van der Waals surface area contributed by atoms with Crippen molar-refractivity contribution in [2.24, 2.45) is 5.92 Å². The zero-order chi connectivity index (χ0) is 31.7. The maximum atomic E-state index is 12.5. The number of aliphatic hydroxyl groups excluding tert-OH is 1. The van der Waals surface area contributed by atoms with Crippen LogP contribution in [0.1, 0.15) is 79.6 Å². The Bertz CT molecular complexity index is 1060. The number of alkyl halides is 1. The molecular weight excluding hydrogens is 576 g/mol. The van der Waals surface area contributed by atoms with E-state index in [1.165, 1.54) is 13.0 Å². The van der Waals surface area contributed by atoms with Crippen LogP contribution in [0.3, 0.4) is 0 Å². The predicted octanol–water partition coefficient (Wildman–Crippen LogP) is 3.23. The minimum atomic E-state index is -1.56. The molecular formula is C32H49ClN2O8. The second kappa shape index (κ2) is 16.2. The van der Waals surface area contributed by atoms with Crippen molar-refractivity contribution in [1.29, 1.82) is 0 Å². The summed E-state index contributed by atoms with van der Waals surface area (Å²) in [5, 5.41) is 27.8. The van der Waals surface area contributed by atoms with Crippen molar-refractivity contribution in [1.82, 2.24) is 10.6 Å². The zero-order valence-corrected chi connectivity index (χ0v) is 26.7. The van der Waals surface area contributed by atoms with Gasteiger partial charge in [0, 0.05) is 25.5 Å². The first-order valence-corrected chi connectivity index (χ1v) is 15.9. The molecule has 2 amide bonds. The molecule has 0 spiro atoms. The largest absolute Gasteiger partial charge is 0.459 e. The minimum absolute atomic E-state index is 0.0394. The number of hydrogen-bond donors (Lipinski definition) is 4. The van der Waals surface area contributed by atoms with E-state index >= 15 is 0 Å². The van der Waals surface area contributed by atoms with Gasteiger partial charge in [-0.1, -0.05) is 30.7 Å². The standard InChI is InChI=1S/C32H49ClN2O8/c1-19(9-12-27-20(2)15-26(22(4)42-27)35-29(37)14-11-21(3)41-23(5)36)10-13-28-31(39)32(40,18-33)17-25(43-28)16-30(38)34-24-7-6-8-24/h9-11,13-14,20-22,24-28,31,39-40H,6-8,12,15-18H2,1-5H3,(H,34,38)(H,35,37)/b13-10+,14-11-,19-9+/t20?,21?,22?,25-,26?,27?,28?,31-,32-/m1/s1. The number of carbonyl (C=O) groups is 3. The maximum absolute atomic E-state index is 12.5. The second-order valence-corrected chi connectivity index (χ2v) is 12.7. The summed E-state index contributed by atoms with van der Waals surface area (Å²) >= 11 is 6.05. The van der Waals surface area contributed by atoms with Crippen LogP contribution in [0, 0.1) is 5.92 Å². The van der Waals surface area contributed by atoms with Crippen molar-refractivity contribution in [3.63, 3.8) is 0 Å². The van der Waals surface area contributed by atoms with E-state index in [4.69, 9.17) is 25.8 Å². The number of ether oxygens (including phenoxy) is 3. The molecule has 2 saturated heterocycles. The van der Waals surface area contributed by atoms with Gasteiger partial charge >= 0.3 is 5.97 Å². The molecule has 10 nitrogen and oxygen atoms in total. The van der Waals surface area contributed by atoms with Gasteiger partial charge in [0.2, 0.25) is 11.8 Å². The van der Waals surface area contributed by atoms with E-state index in [0.717, 1.165) is 31.3 Å². The SMILES string of the molecule is CC(=O)OC(C)/C=C\C(=O)NC1CC(C)C(C/C=C(C)/C=C/C2O[C@H](CC(=O)NC3CCC3)C[C@@](O)(CCl)[C@@H]2O)OC1C. The molecule has 2 heterocycles. The van der Waals surface area contributed by atoms with Crippen LogP contribution in [0.4, 0.5) is 0 Å². The fourth-order valence-corrected chi connectivity index (χ4v) is 5.97. The van der Waals surface area contributed by atoms with Gasteiger partial charge in [0.05, 0.1) is 36.7 Å². The van der Waals surface area contributed by atoms with E-state index in [1.807, 2.05) is 19.9 Å². The summed E-state index contributed by atoms with van der Waals surface area (Å²) in [6, 6.07) is 0.0679. The van der Waals surface area contributed by atoms with Crippen molar-refractivity contribution >= 4 is 29.4 Å². The number of nitrogens with one attached hydrogen (secondary N) is 2. The Balaban J connectivity index is 1.52. The van der Waals surface area contributed by atoms with Gasteiger partial charge < -0.3 is 35.1 Å². The quantitative estimate of drug-likeness (QED) is 0.112. The number of hydrogen-bond acceptors (Lipinski definition) is 8. The molecule has 4 N–H and O–H groups in total. The molecule has 0 bridgehead atoms. The Morgan fingerprint density at radius 3 is 2.49 bits per heavy atom. The Morgan fingerprint density at radius 1 is 1.14 bits per heavy atom. The van der Waals surface area contributed by atoms with Gasteiger partial charge in [-0.25, -0.2) is 0 Å². The van der Waals surface area contributed by atoms with E-state index in [1.54, 1.807) is 19.1 Å². The lowest BCUT2D eigenvalue weighted by molar-refractivity contribution is -0.195. The molecule has 242 valence electrons. The predicted molar refractivity (Wildman–Crippen MR) is 163 cm³/mol. The van der Waals surface area contributed by atoms with Crippen molar-refractivity contribution in [2.75, 3.05) is 5.88 Å². The first-order valence-electron chi connectivity index (χ1n) is 15.4. The highest BCUT2D eigenvalue weighted by atomic mass is 35.5. The Morgan fingerprint density at radius 2 is 1.86 bits per heavy atom. The summed E-state index contributed by atoms with van der Waals surface area (Å²) in [5.41, 5.74) is -0.626. The summed E-state index contributed by atoms with van der Waals surface area (Å²) in [6.45, 7) is 8.98. The van der Waals surface area contributed by atoms with E-state index in [2.05, 4.69) is 23.6 Å². The number of amides is 2. The smallest absolute Gasteiger partial charge is 0.303 e. The van der Waals surface area contributed by atoms with Gasteiger partial charge in [-0.3, -0.25) is 14.4 Å². The van der Waals surface area contributed by atoms with Crippen LogP contribution in [0.25, 0.3) is 0 Å². The third-order valence-electron chi connectivity index (χ3n) is 8.54. The molecule has 1 aliphatic carbocycles. The number of esters is 1. The van der Waals surface area contributed by atoms with Crippen LogP contribution in [0.5, 0.6) is 0 Å². The molecule has 3 fully saturated rings. The first-order chi connectivity index (χ1) is 20.3. The number of halogens is 1. The highest BCUT2D eigenvalue weighted by Gasteiger charge is 2.47. The van der Waals surface area contributed by atoms with Crippen molar-refractivity contribution in [2.45, 2.75) is 134 Å². The molecule has 11 heteroatoms. The lowest BCUT2D eigenvalue weighted by Crippen LogP contribution is -2.58. The van der Waals surface area contributed by atoms with E-state index in [0.29, 0.717) is 6.42 Å². The minimum Gasteiger partial charge on any atom is -0.459 e. The lowest BCUT2D eigenvalue weighted by atomic mass is 9.84. The van der Waals surface area contributed by atoms with Gasteiger partial charge in [-0.15, -0.1) is 11.6 Å².